The van der Waals surface area contributed by atoms with Gasteiger partial charge in [-0.2, -0.15) is 9.82 Å². The van der Waals surface area contributed by atoms with Crippen LogP contribution in [0.15, 0.2) is 11.1 Å². The van der Waals surface area contributed by atoms with Crippen LogP contribution in [0.4, 0.5) is 0 Å². The summed E-state index contributed by atoms with van der Waals surface area (Å²) in [5.74, 6) is -1.11. The van der Waals surface area contributed by atoms with Gasteiger partial charge < -0.3 is 5.11 Å². The fourth-order valence-electron chi connectivity index (χ4n) is 2.61. The molecule has 3 N–H and O–H groups in total. The Balaban J connectivity index is 2.33. The summed E-state index contributed by atoms with van der Waals surface area (Å²) >= 11 is 0. The van der Waals surface area contributed by atoms with Gasteiger partial charge in [0.05, 0.1) is 11.9 Å². The second-order valence-electron chi connectivity index (χ2n) is 5.27. The summed E-state index contributed by atoms with van der Waals surface area (Å²) in [6, 6.07) is 0. The number of hydrogen-bond acceptors (Lipinski definition) is 4. The maximum absolute atomic E-state index is 12.4. The zero-order chi connectivity index (χ0) is 14.8. The Labute approximate surface area is 117 Å². The number of hydrogen-bond donors (Lipinski definition) is 3. The van der Waals surface area contributed by atoms with Crippen molar-refractivity contribution in [2.45, 2.75) is 55.9 Å². The predicted molar refractivity (Wildman–Crippen MR) is 71.7 cm³/mol. The van der Waals surface area contributed by atoms with E-state index in [-0.39, 0.29) is 4.90 Å². The van der Waals surface area contributed by atoms with Crippen molar-refractivity contribution in [2.24, 2.45) is 0 Å². The number of aromatic amines is 1. The van der Waals surface area contributed by atoms with E-state index in [0.717, 1.165) is 12.8 Å². The van der Waals surface area contributed by atoms with Crippen molar-refractivity contribution in [3.05, 3.63) is 11.9 Å². The second kappa shape index (κ2) is 5.53. The smallest absolute Gasteiger partial charge is 0.324 e. The van der Waals surface area contributed by atoms with Gasteiger partial charge in [-0.05, 0) is 19.8 Å². The van der Waals surface area contributed by atoms with Crippen LogP contribution in [-0.4, -0.2) is 35.2 Å². The third kappa shape index (κ3) is 2.85. The molecule has 0 atom stereocenters. The number of aryl methyl sites for hydroxylation is 1. The van der Waals surface area contributed by atoms with Crippen molar-refractivity contribution in [3.8, 4) is 0 Å². The van der Waals surface area contributed by atoms with E-state index in [2.05, 4.69) is 14.9 Å². The summed E-state index contributed by atoms with van der Waals surface area (Å²) < 4.78 is 27.1. The normalized spacial score (nSPS) is 19.4. The molecule has 1 aliphatic rings. The first-order chi connectivity index (χ1) is 9.37. The summed E-state index contributed by atoms with van der Waals surface area (Å²) in [5, 5.41) is 15.7. The minimum Gasteiger partial charge on any atom is -0.480 e. The van der Waals surface area contributed by atoms with Gasteiger partial charge in [-0.3, -0.25) is 9.89 Å². The van der Waals surface area contributed by atoms with Gasteiger partial charge in [0.25, 0.3) is 0 Å². The first kappa shape index (κ1) is 15.0. The highest BCUT2D eigenvalue weighted by atomic mass is 32.2. The molecule has 0 unspecified atom stereocenters. The number of carboxylic acid groups (broad SMARTS) is 1. The van der Waals surface area contributed by atoms with Crippen LogP contribution in [0.3, 0.4) is 0 Å². The van der Waals surface area contributed by atoms with Crippen molar-refractivity contribution < 1.29 is 18.3 Å². The molecule has 0 spiro atoms. The van der Waals surface area contributed by atoms with Crippen molar-refractivity contribution in [1.29, 1.82) is 0 Å². The molecule has 0 saturated heterocycles. The Morgan fingerprint density at radius 3 is 2.40 bits per heavy atom. The van der Waals surface area contributed by atoms with E-state index in [1.54, 1.807) is 6.92 Å². The molecule has 1 aliphatic carbocycles. The molecule has 8 heteroatoms. The third-order valence-electron chi connectivity index (χ3n) is 3.77. The molecule has 2 rings (SSSR count). The number of H-pyrrole nitrogens is 1. The lowest BCUT2D eigenvalue weighted by Crippen LogP contribution is -2.54. The summed E-state index contributed by atoms with van der Waals surface area (Å²) in [4.78, 5) is 11.6. The van der Waals surface area contributed by atoms with Crippen molar-refractivity contribution in [1.82, 2.24) is 14.9 Å². The molecular formula is C12H19N3O4S. The van der Waals surface area contributed by atoms with Gasteiger partial charge in [0, 0.05) is 0 Å². The van der Waals surface area contributed by atoms with Gasteiger partial charge >= 0.3 is 5.97 Å². The van der Waals surface area contributed by atoms with Crippen LogP contribution >= 0.6 is 0 Å². The number of nitrogens with zero attached hydrogens (tertiary/aromatic N) is 1. The monoisotopic (exact) mass is 301 g/mol. The van der Waals surface area contributed by atoms with Crippen LogP contribution in [0, 0.1) is 6.92 Å². The number of sulfonamides is 1. The zero-order valence-corrected chi connectivity index (χ0v) is 12.2. The van der Waals surface area contributed by atoms with E-state index in [9.17, 15) is 18.3 Å². The van der Waals surface area contributed by atoms with Crippen molar-refractivity contribution >= 4 is 16.0 Å². The predicted octanol–water partition coefficient (Wildman–Crippen LogP) is 1.17. The van der Waals surface area contributed by atoms with E-state index in [4.69, 9.17) is 0 Å². The molecule has 1 heterocycles. The maximum atomic E-state index is 12.4. The standard InChI is InChI=1S/C12H19N3O4S/c1-9-10(8-13-14-9)20(18,19)15-12(11(16)17)6-4-2-3-5-7-12/h8,15H,2-7H2,1H3,(H,13,14)(H,16,17). The molecule has 1 fully saturated rings. The zero-order valence-electron chi connectivity index (χ0n) is 11.3. The van der Waals surface area contributed by atoms with Gasteiger partial charge in [0.15, 0.2) is 0 Å². The number of aliphatic carboxylic acids is 1. The summed E-state index contributed by atoms with van der Waals surface area (Å²) in [7, 11) is -3.89. The van der Waals surface area contributed by atoms with Crippen LogP contribution in [0.5, 0.6) is 0 Å². The fraction of sp³-hybridized carbons (Fsp3) is 0.667. The lowest BCUT2D eigenvalue weighted by Gasteiger charge is -2.28. The molecule has 0 bridgehead atoms. The molecule has 1 aromatic heterocycles. The lowest BCUT2D eigenvalue weighted by molar-refractivity contribution is -0.144. The number of carbonyl (C=O) groups is 1. The molecule has 0 aromatic carbocycles. The van der Waals surface area contributed by atoms with Crippen LogP contribution < -0.4 is 4.72 Å². The Morgan fingerprint density at radius 2 is 1.95 bits per heavy atom. The van der Waals surface area contributed by atoms with E-state index in [0.29, 0.717) is 31.4 Å². The summed E-state index contributed by atoms with van der Waals surface area (Å²) in [6.07, 6.45) is 5.11. The number of rotatable bonds is 4. The molecule has 112 valence electrons. The third-order valence-corrected chi connectivity index (χ3v) is 5.42. The lowest BCUT2D eigenvalue weighted by atomic mass is 9.92. The largest absolute Gasteiger partial charge is 0.480 e. The van der Waals surface area contributed by atoms with Crippen molar-refractivity contribution in [2.75, 3.05) is 0 Å². The summed E-state index contributed by atoms with van der Waals surface area (Å²) in [6.45, 7) is 1.59. The van der Waals surface area contributed by atoms with E-state index in [1.165, 1.54) is 6.20 Å². The fourth-order valence-corrected chi connectivity index (χ4v) is 4.17. The van der Waals surface area contributed by atoms with Crippen LogP contribution in [0.1, 0.15) is 44.2 Å². The first-order valence-electron chi connectivity index (χ1n) is 6.65. The number of carboxylic acids is 1. The molecule has 0 amide bonds. The van der Waals surface area contributed by atoms with Gasteiger partial charge in [-0.25, -0.2) is 8.42 Å². The van der Waals surface area contributed by atoms with Crippen molar-refractivity contribution in [3.63, 3.8) is 0 Å². The topological polar surface area (TPSA) is 112 Å². The Kier molecular flexibility index (Phi) is 4.14. The second-order valence-corrected chi connectivity index (χ2v) is 6.92. The molecule has 1 aromatic rings. The van der Waals surface area contributed by atoms with Gasteiger partial charge in [0.2, 0.25) is 10.0 Å². The minimum absolute atomic E-state index is 0.00220. The highest BCUT2D eigenvalue weighted by Crippen LogP contribution is 2.29. The van der Waals surface area contributed by atoms with E-state index >= 15 is 0 Å². The molecule has 20 heavy (non-hydrogen) atoms. The van der Waals surface area contributed by atoms with Gasteiger partial charge in [-0.15, -0.1) is 0 Å². The number of nitrogens with one attached hydrogen (secondary N) is 2. The Morgan fingerprint density at radius 1 is 1.35 bits per heavy atom. The Bertz CT molecular complexity index is 586. The molecule has 7 nitrogen and oxygen atoms in total. The van der Waals surface area contributed by atoms with Crippen LogP contribution in [-0.2, 0) is 14.8 Å². The highest BCUT2D eigenvalue weighted by molar-refractivity contribution is 7.89. The quantitative estimate of drug-likeness (QED) is 0.723. The SMILES string of the molecule is Cc1[nH]ncc1S(=O)(=O)NC1(C(=O)O)CCCCCC1. The van der Waals surface area contributed by atoms with Gasteiger partial charge in [-0.1, -0.05) is 25.7 Å². The minimum atomic E-state index is -3.89. The molecule has 0 radical (unpaired) electrons. The van der Waals surface area contributed by atoms with E-state index in [1.807, 2.05) is 0 Å². The molecule has 0 aliphatic heterocycles. The average molecular weight is 301 g/mol. The van der Waals surface area contributed by atoms with Crippen LogP contribution in [0.2, 0.25) is 0 Å². The average Bonchev–Trinajstić information content (AvgIpc) is 2.66. The maximum Gasteiger partial charge on any atom is 0.324 e. The Hall–Kier alpha value is -1.41. The van der Waals surface area contributed by atoms with Crippen LogP contribution in [0.25, 0.3) is 0 Å². The van der Waals surface area contributed by atoms with E-state index < -0.39 is 21.5 Å². The molecule has 1 saturated carbocycles. The highest BCUT2D eigenvalue weighted by Gasteiger charge is 2.42. The first-order valence-corrected chi connectivity index (χ1v) is 8.13. The summed E-state index contributed by atoms with van der Waals surface area (Å²) in [5.41, 5.74) is -1.01. The number of aromatic nitrogens is 2. The molecular weight excluding hydrogens is 282 g/mol. The van der Waals surface area contributed by atoms with Gasteiger partial charge in [0.1, 0.15) is 10.4 Å².